The van der Waals surface area contributed by atoms with Crippen LogP contribution in [0.4, 0.5) is 10.5 Å². The molecule has 2 aromatic heterocycles. The first-order valence-corrected chi connectivity index (χ1v) is 7.95. The van der Waals surface area contributed by atoms with Crippen molar-refractivity contribution in [3.8, 4) is 0 Å². The quantitative estimate of drug-likeness (QED) is 0.739. The number of nitrogens with zero attached hydrogens (tertiary/aromatic N) is 5. The molecule has 0 fully saturated rings. The van der Waals surface area contributed by atoms with Crippen molar-refractivity contribution in [1.82, 2.24) is 29.4 Å². The standard InChI is InChI=1S/C16H17N7O2/c24-15(21-6-7-23-14(11-21)19-20-16(23)25)18-13-8-17-22(10-13)9-12-4-2-1-3-5-12/h1-5,8,10H,6-7,9,11H2,(H,18,24)(H,20,25). The maximum atomic E-state index is 12.4. The Kier molecular flexibility index (Phi) is 3.81. The summed E-state index contributed by atoms with van der Waals surface area (Å²) in [6, 6.07) is 9.74. The fourth-order valence-corrected chi connectivity index (χ4v) is 2.83. The number of aromatic amines is 1. The minimum Gasteiger partial charge on any atom is -0.315 e. The molecular weight excluding hydrogens is 322 g/mol. The number of rotatable bonds is 3. The predicted molar refractivity (Wildman–Crippen MR) is 90.0 cm³/mol. The summed E-state index contributed by atoms with van der Waals surface area (Å²) in [6.45, 7) is 1.82. The molecule has 0 atom stereocenters. The molecule has 128 valence electrons. The van der Waals surface area contributed by atoms with Crippen LogP contribution in [0.25, 0.3) is 0 Å². The van der Waals surface area contributed by atoms with Gasteiger partial charge < -0.3 is 10.2 Å². The number of carbonyl (C=O) groups excluding carboxylic acids is 1. The van der Waals surface area contributed by atoms with Crippen molar-refractivity contribution in [1.29, 1.82) is 0 Å². The third-order valence-corrected chi connectivity index (χ3v) is 4.12. The molecule has 1 aliphatic heterocycles. The lowest BCUT2D eigenvalue weighted by Gasteiger charge is -2.26. The van der Waals surface area contributed by atoms with Crippen LogP contribution >= 0.6 is 0 Å². The van der Waals surface area contributed by atoms with Gasteiger partial charge in [0.15, 0.2) is 5.82 Å². The van der Waals surface area contributed by atoms with E-state index in [1.165, 1.54) is 0 Å². The molecule has 1 aromatic carbocycles. The zero-order chi connectivity index (χ0) is 17.2. The zero-order valence-electron chi connectivity index (χ0n) is 13.4. The summed E-state index contributed by atoms with van der Waals surface area (Å²) >= 11 is 0. The molecule has 0 saturated carbocycles. The van der Waals surface area contributed by atoms with Crippen molar-refractivity contribution < 1.29 is 4.79 Å². The van der Waals surface area contributed by atoms with E-state index in [0.29, 0.717) is 37.7 Å². The zero-order valence-corrected chi connectivity index (χ0v) is 13.4. The molecule has 3 heterocycles. The number of H-pyrrole nitrogens is 1. The van der Waals surface area contributed by atoms with Gasteiger partial charge in [-0.1, -0.05) is 30.3 Å². The van der Waals surface area contributed by atoms with Crippen LogP contribution in [0.3, 0.4) is 0 Å². The van der Waals surface area contributed by atoms with Gasteiger partial charge in [-0.05, 0) is 5.56 Å². The third-order valence-electron chi connectivity index (χ3n) is 4.12. The number of fused-ring (bicyclic) bond motifs is 1. The lowest BCUT2D eigenvalue weighted by molar-refractivity contribution is 0.195. The Hall–Kier alpha value is -3.36. The molecule has 9 nitrogen and oxygen atoms in total. The van der Waals surface area contributed by atoms with Crippen molar-refractivity contribution in [3.63, 3.8) is 0 Å². The van der Waals surface area contributed by atoms with E-state index < -0.39 is 0 Å². The van der Waals surface area contributed by atoms with Crippen LogP contribution in [0, 0.1) is 0 Å². The number of carbonyl (C=O) groups is 1. The summed E-state index contributed by atoms with van der Waals surface area (Å²) in [7, 11) is 0. The molecule has 2 N–H and O–H groups in total. The average Bonchev–Trinajstić information content (AvgIpc) is 3.22. The van der Waals surface area contributed by atoms with Crippen molar-refractivity contribution >= 4 is 11.7 Å². The molecule has 25 heavy (non-hydrogen) atoms. The second-order valence-corrected chi connectivity index (χ2v) is 5.86. The van der Waals surface area contributed by atoms with Crippen LogP contribution in [0.15, 0.2) is 47.5 Å². The Balaban J connectivity index is 1.39. The van der Waals surface area contributed by atoms with Gasteiger partial charge in [0.25, 0.3) is 0 Å². The second kappa shape index (κ2) is 6.27. The molecule has 0 spiro atoms. The van der Waals surface area contributed by atoms with Gasteiger partial charge >= 0.3 is 11.7 Å². The van der Waals surface area contributed by atoms with Gasteiger partial charge in [0.2, 0.25) is 0 Å². The third kappa shape index (κ3) is 3.16. The lowest BCUT2D eigenvalue weighted by Crippen LogP contribution is -2.42. The lowest BCUT2D eigenvalue weighted by atomic mass is 10.2. The Morgan fingerprint density at radius 1 is 1.24 bits per heavy atom. The summed E-state index contributed by atoms with van der Waals surface area (Å²) in [5.41, 5.74) is 1.53. The predicted octanol–water partition coefficient (Wildman–Crippen LogP) is 0.864. The summed E-state index contributed by atoms with van der Waals surface area (Å²) in [6.07, 6.45) is 3.41. The molecule has 0 aliphatic carbocycles. The molecule has 9 heteroatoms. The van der Waals surface area contributed by atoms with Gasteiger partial charge in [-0.2, -0.15) is 10.2 Å². The van der Waals surface area contributed by atoms with Crippen molar-refractivity contribution in [2.75, 3.05) is 11.9 Å². The molecule has 2 amide bonds. The monoisotopic (exact) mass is 339 g/mol. The molecule has 0 radical (unpaired) electrons. The maximum absolute atomic E-state index is 12.4. The van der Waals surface area contributed by atoms with E-state index in [1.54, 1.807) is 26.5 Å². The summed E-state index contributed by atoms with van der Waals surface area (Å²) < 4.78 is 3.31. The van der Waals surface area contributed by atoms with Crippen LogP contribution in [0.1, 0.15) is 11.4 Å². The summed E-state index contributed by atoms with van der Waals surface area (Å²) in [5.74, 6) is 0.561. The molecule has 4 rings (SSSR count). The average molecular weight is 339 g/mol. The van der Waals surface area contributed by atoms with E-state index in [9.17, 15) is 9.59 Å². The van der Waals surface area contributed by atoms with Crippen LogP contribution in [0.2, 0.25) is 0 Å². The van der Waals surface area contributed by atoms with Gasteiger partial charge in [-0.15, -0.1) is 0 Å². The van der Waals surface area contributed by atoms with E-state index in [0.717, 1.165) is 5.56 Å². The minimum atomic E-state index is -0.239. The number of urea groups is 1. The van der Waals surface area contributed by atoms with Crippen molar-refractivity contribution in [2.24, 2.45) is 0 Å². The first kappa shape index (κ1) is 15.2. The smallest absolute Gasteiger partial charge is 0.315 e. The number of benzene rings is 1. The topological polar surface area (TPSA) is 101 Å². The van der Waals surface area contributed by atoms with E-state index in [-0.39, 0.29) is 11.7 Å². The Morgan fingerprint density at radius 2 is 2.08 bits per heavy atom. The Labute approximate surface area is 142 Å². The fourth-order valence-electron chi connectivity index (χ4n) is 2.83. The van der Waals surface area contributed by atoms with Crippen LogP contribution in [-0.4, -0.2) is 42.0 Å². The highest BCUT2D eigenvalue weighted by Gasteiger charge is 2.23. The molecule has 0 unspecified atom stereocenters. The Morgan fingerprint density at radius 3 is 2.92 bits per heavy atom. The number of hydrogen-bond donors (Lipinski definition) is 2. The van der Waals surface area contributed by atoms with E-state index in [2.05, 4.69) is 20.6 Å². The highest BCUT2D eigenvalue weighted by atomic mass is 16.2. The number of hydrogen-bond acceptors (Lipinski definition) is 4. The SMILES string of the molecule is O=C(Nc1cnn(Cc2ccccc2)c1)N1CCn2c(n[nH]c2=O)C1. The largest absolute Gasteiger partial charge is 0.343 e. The van der Waals surface area contributed by atoms with Gasteiger partial charge in [0.05, 0.1) is 25.0 Å². The first-order valence-electron chi connectivity index (χ1n) is 7.95. The number of anilines is 1. The van der Waals surface area contributed by atoms with Crippen LogP contribution in [-0.2, 0) is 19.6 Å². The van der Waals surface area contributed by atoms with Crippen molar-refractivity contribution in [3.05, 3.63) is 64.6 Å². The van der Waals surface area contributed by atoms with E-state index >= 15 is 0 Å². The first-order chi connectivity index (χ1) is 12.2. The molecule has 0 bridgehead atoms. The van der Waals surface area contributed by atoms with Crippen LogP contribution < -0.4 is 11.0 Å². The summed E-state index contributed by atoms with van der Waals surface area (Å²) in [5, 5.41) is 13.4. The van der Waals surface area contributed by atoms with Gasteiger partial charge in [-0.25, -0.2) is 14.7 Å². The molecule has 0 saturated heterocycles. The number of amides is 2. The maximum Gasteiger partial charge on any atom is 0.343 e. The molecule has 3 aromatic rings. The van der Waals surface area contributed by atoms with Gasteiger partial charge in [0, 0.05) is 19.3 Å². The molecular formula is C16H17N7O2. The fraction of sp³-hybridized carbons (Fsp3) is 0.250. The second-order valence-electron chi connectivity index (χ2n) is 5.86. The van der Waals surface area contributed by atoms with E-state index in [4.69, 9.17) is 0 Å². The van der Waals surface area contributed by atoms with Gasteiger partial charge in [-0.3, -0.25) is 9.25 Å². The Bertz CT molecular complexity index is 941. The van der Waals surface area contributed by atoms with Crippen LogP contribution in [0.5, 0.6) is 0 Å². The van der Waals surface area contributed by atoms with Crippen molar-refractivity contribution in [2.45, 2.75) is 19.6 Å². The number of nitrogens with one attached hydrogen (secondary N) is 2. The summed E-state index contributed by atoms with van der Waals surface area (Å²) in [4.78, 5) is 25.5. The normalized spacial score (nSPS) is 13.5. The highest BCUT2D eigenvalue weighted by molar-refractivity contribution is 5.89. The highest BCUT2D eigenvalue weighted by Crippen LogP contribution is 2.12. The van der Waals surface area contributed by atoms with Gasteiger partial charge in [0.1, 0.15) is 0 Å². The van der Waals surface area contributed by atoms with E-state index in [1.807, 2.05) is 30.3 Å². The molecule has 1 aliphatic rings. The number of aromatic nitrogens is 5. The minimum absolute atomic E-state index is 0.235.